The predicted octanol–water partition coefficient (Wildman–Crippen LogP) is 1.35. The van der Waals surface area contributed by atoms with Crippen LogP contribution in [0.3, 0.4) is 0 Å². The van der Waals surface area contributed by atoms with E-state index in [1.54, 1.807) is 0 Å². The van der Waals surface area contributed by atoms with Gasteiger partial charge in [-0.25, -0.2) is 5.48 Å². The van der Waals surface area contributed by atoms with Gasteiger partial charge in [0.15, 0.2) is 0 Å². The Morgan fingerprint density at radius 3 is 2.29 bits per heavy atom. The lowest BCUT2D eigenvalue weighted by Crippen LogP contribution is -2.54. The van der Waals surface area contributed by atoms with E-state index >= 15 is 0 Å². The SMILES string of the molecule is CC.CC(C)(CNO)N1CCOCC1.[HH]. The Bertz CT molecular complexity index is 139. The molecule has 1 aliphatic rings. The summed E-state index contributed by atoms with van der Waals surface area (Å²) in [6.07, 6.45) is 0. The first kappa shape index (κ1) is 13.8. The molecule has 0 aromatic carbocycles. The highest BCUT2D eigenvalue weighted by molar-refractivity contribution is 4.83. The summed E-state index contributed by atoms with van der Waals surface area (Å²) in [5.74, 6) is 0. The number of hydrogen-bond acceptors (Lipinski definition) is 4. The second-order valence-electron chi connectivity index (χ2n) is 3.75. The van der Waals surface area contributed by atoms with Crippen LogP contribution in [-0.4, -0.2) is 48.5 Å². The van der Waals surface area contributed by atoms with Crippen LogP contribution in [0.2, 0.25) is 0 Å². The Kier molecular flexibility index (Phi) is 7.09. The second-order valence-corrected chi connectivity index (χ2v) is 3.75. The monoisotopic (exact) mass is 206 g/mol. The van der Waals surface area contributed by atoms with Crippen LogP contribution in [0.25, 0.3) is 0 Å². The summed E-state index contributed by atoms with van der Waals surface area (Å²) in [6.45, 7) is 12.3. The molecule has 1 fully saturated rings. The summed E-state index contributed by atoms with van der Waals surface area (Å²) < 4.78 is 5.25. The van der Waals surface area contributed by atoms with Gasteiger partial charge in [0.2, 0.25) is 0 Å². The normalized spacial score (nSPS) is 18.6. The molecule has 0 amide bonds. The first-order valence-corrected chi connectivity index (χ1v) is 5.36. The minimum Gasteiger partial charge on any atom is -0.379 e. The fourth-order valence-electron chi connectivity index (χ4n) is 1.47. The molecule has 0 saturated carbocycles. The largest absolute Gasteiger partial charge is 0.379 e. The molecule has 0 aromatic rings. The molecule has 88 valence electrons. The van der Waals surface area contributed by atoms with Crippen LogP contribution in [0, 0.1) is 0 Å². The van der Waals surface area contributed by atoms with Gasteiger partial charge in [0.25, 0.3) is 0 Å². The third kappa shape index (κ3) is 4.37. The van der Waals surface area contributed by atoms with Gasteiger partial charge in [-0.15, -0.1) is 0 Å². The van der Waals surface area contributed by atoms with Crippen molar-refractivity contribution < 1.29 is 11.4 Å². The molecule has 4 heteroatoms. The standard InChI is InChI=1S/C8H18N2O2.C2H6.H2/c1-8(2,7-9-11)10-3-5-12-6-4-10;1-2;/h9,11H,3-7H2,1-2H3;1-2H3;1H. The zero-order valence-corrected chi connectivity index (χ0v) is 9.84. The maximum absolute atomic E-state index is 8.62. The Hall–Kier alpha value is -0.160. The summed E-state index contributed by atoms with van der Waals surface area (Å²) in [4.78, 5) is 2.32. The van der Waals surface area contributed by atoms with E-state index < -0.39 is 0 Å². The van der Waals surface area contributed by atoms with Gasteiger partial charge in [-0.2, -0.15) is 0 Å². The van der Waals surface area contributed by atoms with Crippen LogP contribution in [0.5, 0.6) is 0 Å². The van der Waals surface area contributed by atoms with E-state index in [1.807, 2.05) is 13.8 Å². The Morgan fingerprint density at radius 2 is 1.86 bits per heavy atom. The molecule has 0 atom stereocenters. The summed E-state index contributed by atoms with van der Waals surface area (Å²) in [7, 11) is 0. The van der Waals surface area contributed by atoms with Gasteiger partial charge in [-0.1, -0.05) is 13.8 Å². The molecule has 1 rings (SSSR count). The van der Waals surface area contributed by atoms with E-state index in [0.717, 1.165) is 26.3 Å². The smallest absolute Gasteiger partial charge is 0.0594 e. The van der Waals surface area contributed by atoms with Gasteiger partial charge < -0.3 is 9.94 Å². The lowest BCUT2D eigenvalue weighted by Gasteiger charge is -2.40. The molecule has 14 heavy (non-hydrogen) atoms. The van der Waals surface area contributed by atoms with E-state index in [1.165, 1.54) is 0 Å². The lowest BCUT2D eigenvalue weighted by atomic mass is 10.0. The molecule has 4 nitrogen and oxygen atoms in total. The lowest BCUT2D eigenvalue weighted by molar-refractivity contribution is -0.0210. The van der Waals surface area contributed by atoms with Crippen molar-refractivity contribution >= 4 is 0 Å². The van der Waals surface area contributed by atoms with Gasteiger partial charge in [0.1, 0.15) is 0 Å². The van der Waals surface area contributed by atoms with Crippen molar-refractivity contribution in [1.29, 1.82) is 0 Å². The van der Waals surface area contributed by atoms with Crippen molar-refractivity contribution in [2.75, 3.05) is 32.8 Å². The van der Waals surface area contributed by atoms with Gasteiger partial charge in [0, 0.05) is 26.6 Å². The Morgan fingerprint density at radius 1 is 1.36 bits per heavy atom. The number of nitrogens with one attached hydrogen (secondary N) is 1. The van der Waals surface area contributed by atoms with E-state index in [0.29, 0.717) is 6.54 Å². The van der Waals surface area contributed by atoms with Crippen LogP contribution in [0.4, 0.5) is 0 Å². The first-order valence-electron chi connectivity index (χ1n) is 5.36. The van der Waals surface area contributed by atoms with Crippen LogP contribution < -0.4 is 5.48 Å². The fourth-order valence-corrected chi connectivity index (χ4v) is 1.47. The predicted molar refractivity (Wildman–Crippen MR) is 59.7 cm³/mol. The maximum atomic E-state index is 8.62. The minimum absolute atomic E-state index is 0. The van der Waals surface area contributed by atoms with E-state index in [2.05, 4.69) is 24.2 Å². The van der Waals surface area contributed by atoms with Crippen molar-refractivity contribution in [1.82, 2.24) is 10.4 Å². The maximum Gasteiger partial charge on any atom is 0.0594 e. The highest BCUT2D eigenvalue weighted by Crippen LogP contribution is 2.14. The number of morpholine rings is 1. The average molecular weight is 206 g/mol. The van der Waals surface area contributed by atoms with Crippen LogP contribution in [0.1, 0.15) is 29.1 Å². The molecule has 0 aromatic heterocycles. The number of rotatable bonds is 3. The molecule has 1 heterocycles. The first-order chi connectivity index (χ1) is 6.67. The highest BCUT2D eigenvalue weighted by atomic mass is 16.5. The number of hydroxylamine groups is 1. The van der Waals surface area contributed by atoms with Crippen molar-refractivity contribution in [2.45, 2.75) is 33.2 Å². The second kappa shape index (κ2) is 7.17. The Labute approximate surface area is 88.7 Å². The van der Waals surface area contributed by atoms with Crippen molar-refractivity contribution in [3.8, 4) is 0 Å². The molecule has 2 N–H and O–H groups in total. The zero-order chi connectivity index (χ0) is 11.0. The number of ether oxygens (including phenoxy) is 1. The summed E-state index contributed by atoms with van der Waals surface area (Å²) in [5, 5.41) is 8.62. The van der Waals surface area contributed by atoms with Crippen LogP contribution >= 0.6 is 0 Å². The average Bonchev–Trinajstić information content (AvgIpc) is 2.22. The van der Waals surface area contributed by atoms with Gasteiger partial charge >= 0.3 is 0 Å². The molecule has 0 unspecified atom stereocenters. The molecule has 1 aliphatic heterocycles. The molecule has 1 saturated heterocycles. The highest BCUT2D eigenvalue weighted by Gasteiger charge is 2.27. The quantitative estimate of drug-likeness (QED) is 0.684. The number of hydrogen-bond donors (Lipinski definition) is 2. The van der Waals surface area contributed by atoms with Crippen LogP contribution in [-0.2, 0) is 4.74 Å². The molecule has 0 spiro atoms. The third-order valence-electron chi connectivity index (χ3n) is 2.38. The van der Waals surface area contributed by atoms with Crippen molar-refractivity contribution in [3.63, 3.8) is 0 Å². The summed E-state index contributed by atoms with van der Waals surface area (Å²) >= 11 is 0. The Balaban J connectivity index is 0. The third-order valence-corrected chi connectivity index (χ3v) is 2.38. The number of nitrogens with zero attached hydrogens (tertiary/aromatic N) is 1. The molecular weight excluding hydrogens is 180 g/mol. The van der Waals surface area contributed by atoms with Gasteiger partial charge in [0.05, 0.1) is 13.2 Å². The van der Waals surface area contributed by atoms with E-state index in [-0.39, 0.29) is 6.97 Å². The topological polar surface area (TPSA) is 44.7 Å². The molecular formula is C10H26N2O2. The minimum atomic E-state index is 0. The van der Waals surface area contributed by atoms with Crippen LogP contribution in [0.15, 0.2) is 0 Å². The van der Waals surface area contributed by atoms with Crippen molar-refractivity contribution in [2.24, 2.45) is 0 Å². The summed E-state index contributed by atoms with van der Waals surface area (Å²) in [6, 6.07) is 0. The van der Waals surface area contributed by atoms with Crippen molar-refractivity contribution in [3.05, 3.63) is 0 Å². The van der Waals surface area contributed by atoms with E-state index in [9.17, 15) is 0 Å². The zero-order valence-electron chi connectivity index (χ0n) is 9.84. The van der Waals surface area contributed by atoms with E-state index in [4.69, 9.17) is 9.94 Å². The molecule has 0 aliphatic carbocycles. The summed E-state index contributed by atoms with van der Waals surface area (Å²) in [5.41, 5.74) is 2.24. The molecule has 0 radical (unpaired) electrons. The fraction of sp³-hybridized carbons (Fsp3) is 1.00. The molecule has 0 bridgehead atoms. The van der Waals surface area contributed by atoms with Gasteiger partial charge in [-0.05, 0) is 13.8 Å². The van der Waals surface area contributed by atoms with Gasteiger partial charge in [-0.3, -0.25) is 4.90 Å².